The first-order valence-corrected chi connectivity index (χ1v) is 7.34. The first-order valence-electron chi connectivity index (χ1n) is 6.54. The second-order valence-electron chi connectivity index (χ2n) is 4.80. The molecule has 0 radical (unpaired) electrons. The van der Waals surface area contributed by atoms with E-state index < -0.39 is 0 Å². The number of anilines is 1. The third kappa shape index (κ3) is 2.53. The van der Waals surface area contributed by atoms with Crippen molar-refractivity contribution in [3.8, 4) is 0 Å². The summed E-state index contributed by atoms with van der Waals surface area (Å²) in [6.45, 7) is 3.30. The van der Waals surface area contributed by atoms with E-state index in [0.29, 0.717) is 6.04 Å². The van der Waals surface area contributed by atoms with E-state index in [2.05, 4.69) is 33.8 Å². The smallest absolute Gasteiger partial charge is 0.126 e. The molecule has 2 rings (SSSR count). The minimum atomic E-state index is 0.137. The first-order chi connectivity index (χ1) is 8.65. The second kappa shape index (κ2) is 5.74. The molecule has 4 heteroatoms. The zero-order valence-electron chi connectivity index (χ0n) is 10.7. The number of nitrogen functional groups attached to an aromatic ring is 1. The Hall–Kier alpha value is -1.03. The van der Waals surface area contributed by atoms with Gasteiger partial charge in [-0.1, -0.05) is 13.0 Å². The summed E-state index contributed by atoms with van der Waals surface area (Å²) in [7, 11) is 0. The molecule has 1 saturated heterocycles. The third-order valence-corrected chi connectivity index (χ3v) is 4.33. The molecular formula is C14H20BrN3. The van der Waals surface area contributed by atoms with Crippen LogP contribution in [0.4, 0.5) is 5.69 Å². The molecule has 1 heterocycles. The Labute approximate surface area is 117 Å². The third-order valence-electron chi connectivity index (χ3n) is 3.67. The molecular weight excluding hydrogens is 290 g/mol. The fraction of sp³-hybridized carbons (Fsp3) is 0.500. The fourth-order valence-electron chi connectivity index (χ4n) is 2.76. The lowest BCUT2D eigenvalue weighted by Crippen LogP contribution is -2.40. The Morgan fingerprint density at radius 2 is 2.28 bits per heavy atom. The molecule has 0 spiro atoms. The highest BCUT2D eigenvalue weighted by Gasteiger charge is 2.24. The molecule has 3 N–H and O–H groups in total. The van der Waals surface area contributed by atoms with Gasteiger partial charge in [-0.2, -0.15) is 0 Å². The van der Waals surface area contributed by atoms with Crippen LogP contribution in [0.3, 0.4) is 0 Å². The number of halogens is 1. The fourth-order valence-corrected chi connectivity index (χ4v) is 3.33. The van der Waals surface area contributed by atoms with E-state index in [4.69, 9.17) is 11.1 Å². The van der Waals surface area contributed by atoms with Crippen molar-refractivity contribution in [1.82, 2.24) is 0 Å². The Bertz CT molecular complexity index is 445. The predicted molar refractivity (Wildman–Crippen MR) is 80.4 cm³/mol. The molecule has 18 heavy (non-hydrogen) atoms. The summed E-state index contributed by atoms with van der Waals surface area (Å²) in [5.41, 5.74) is 7.67. The maximum absolute atomic E-state index is 7.78. The Balaban J connectivity index is 2.42. The number of hydrogen-bond donors (Lipinski definition) is 2. The topological polar surface area (TPSA) is 53.1 Å². The lowest BCUT2D eigenvalue weighted by Gasteiger charge is -2.38. The van der Waals surface area contributed by atoms with Crippen molar-refractivity contribution in [2.24, 2.45) is 5.73 Å². The van der Waals surface area contributed by atoms with Gasteiger partial charge in [0, 0.05) is 22.7 Å². The van der Waals surface area contributed by atoms with Gasteiger partial charge < -0.3 is 10.6 Å². The molecule has 1 fully saturated rings. The molecule has 1 atom stereocenters. The number of nitrogens with zero attached hydrogens (tertiary/aromatic N) is 1. The minimum absolute atomic E-state index is 0.137. The van der Waals surface area contributed by atoms with E-state index in [-0.39, 0.29) is 5.84 Å². The summed E-state index contributed by atoms with van der Waals surface area (Å²) >= 11 is 3.51. The molecule has 0 bridgehead atoms. The molecule has 3 nitrogen and oxygen atoms in total. The molecule has 0 aliphatic carbocycles. The number of hydrogen-bond acceptors (Lipinski definition) is 2. The van der Waals surface area contributed by atoms with Crippen LogP contribution in [-0.4, -0.2) is 18.4 Å². The summed E-state index contributed by atoms with van der Waals surface area (Å²) in [6, 6.07) is 6.62. The molecule has 0 aromatic heterocycles. The molecule has 0 amide bonds. The SMILES string of the molecule is CCC1CCCCN1c1cccc(Br)c1C(=N)N. The molecule has 1 aliphatic rings. The van der Waals surface area contributed by atoms with Crippen molar-refractivity contribution in [3.05, 3.63) is 28.2 Å². The van der Waals surface area contributed by atoms with Gasteiger partial charge in [-0.05, 0) is 53.7 Å². The van der Waals surface area contributed by atoms with Crippen molar-refractivity contribution in [2.45, 2.75) is 38.6 Å². The Morgan fingerprint density at radius 3 is 2.94 bits per heavy atom. The van der Waals surface area contributed by atoms with Crippen LogP contribution in [0, 0.1) is 5.41 Å². The van der Waals surface area contributed by atoms with Crippen molar-refractivity contribution < 1.29 is 0 Å². The standard InChI is InChI=1S/C14H20BrN3/c1-2-10-6-3-4-9-18(10)12-8-5-7-11(15)13(12)14(16)17/h5,7-8,10H,2-4,6,9H2,1H3,(H3,16,17). The minimum Gasteiger partial charge on any atom is -0.384 e. The van der Waals surface area contributed by atoms with Crippen molar-refractivity contribution >= 4 is 27.5 Å². The van der Waals surface area contributed by atoms with Crippen LogP contribution in [0.15, 0.2) is 22.7 Å². The molecule has 1 unspecified atom stereocenters. The normalized spacial score (nSPS) is 19.9. The van der Waals surface area contributed by atoms with Crippen molar-refractivity contribution in [2.75, 3.05) is 11.4 Å². The van der Waals surface area contributed by atoms with E-state index in [1.165, 1.54) is 19.3 Å². The second-order valence-corrected chi connectivity index (χ2v) is 5.65. The van der Waals surface area contributed by atoms with Crippen LogP contribution >= 0.6 is 15.9 Å². The van der Waals surface area contributed by atoms with Crippen molar-refractivity contribution in [1.29, 1.82) is 5.41 Å². The maximum Gasteiger partial charge on any atom is 0.126 e. The lowest BCUT2D eigenvalue weighted by molar-refractivity contribution is 0.450. The number of nitrogens with two attached hydrogens (primary N) is 1. The summed E-state index contributed by atoms with van der Waals surface area (Å²) in [5, 5.41) is 7.78. The average Bonchev–Trinajstić information content (AvgIpc) is 2.38. The summed E-state index contributed by atoms with van der Waals surface area (Å²) in [4.78, 5) is 2.42. The van der Waals surface area contributed by atoms with Gasteiger partial charge >= 0.3 is 0 Å². The lowest BCUT2D eigenvalue weighted by atomic mass is 9.98. The van der Waals surface area contributed by atoms with Gasteiger partial charge in [0.2, 0.25) is 0 Å². The van der Waals surface area contributed by atoms with E-state index in [1.807, 2.05) is 12.1 Å². The molecule has 1 aliphatic heterocycles. The van der Waals surface area contributed by atoms with Crippen molar-refractivity contribution in [3.63, 3.8) is 0 Å². The highest BCUT2D eigenvalue weighted by Crippen LogP contribution is 2.32. The predicted octanol–water partition coefficient (Wildman–Crippen LogP) is 3.50. The summed E-state index contributed by atoms with van der Waals surface area (Å²) < 4.78 is 0.910. The van der Waals surface area contributed by atoms with E-state index in [1.54, 1.807) is 0 Å². The van der Waals surface area contributed by atoms with Crippen LogP contribution in [0.2, 0.25) is 0 Å². The van der Waals surface area contributed by atoms with Gasteiger partial charge in [0.05, 0.1) is 5.56 Å². The molecule has 0 saturated carbocycles. The average molecular weight is 310 g/mol. The molecule has 1 aromatic carbocycles. The number of amidine groups is 1. The van der Waals surface area contributed by atoms with Crippen LogP contribution < -0.4 is 10.6 Å². The Morgan fingerprint density at radius 1 is 1.50 bits per heavy atom. The van der Waals surface area contributed by atoms with E-state index >= 15 is 0 Å². The molecule has 98 valence electrons. The maximum atomic E-state index is 7.78. The van der Waals surface area contributed by atoms with Gasteiger partial charge in [-0.3, -0.25) is 5.41 Å². The monoisotopic (exact) mass is 309 g/mol. The van der Waals surface area contributed by atoms with E-state index in [9.17, 15) is 0 Å². The number of rotatable bonds is 3. The van der Waals surface area contributed by atoms with Gasteiger partial charge in [0.25, 0.3) is 0 Å². The van der Waals surface area contributed by atoms with Crippen LogP contribution in [0.1, 0.15) is 38.2 Å². The molecule has 1 aromatic rings. The Kier molecular flexibility index (Phi) is 4.27. The van der Waals surface area contributed by atoms with Gasteiger partial charge in [0.1, 0.15) is 5.84 Å². The summed E-state index contributed by atoms with van der Waals surface area (Å²) in [6.07, 6.45) is 4.91. The van der Waals surface area contributed by atoms with Crippen LogP contribution in [0.5, 0.6) is 0 Å². The van der Waals surface area contributed by atoms with Gasteiger partial charge in [-0.25, -0.2) is 0 Å². The quantitative estimate of drug-likeness (QED) is 0.663. The first kappa shape index (κ1) is 13.4. The highest BCUT2D eigenvalue weighted by atomic mass is 79.9. The largest absolute Gasteiger partial charge is 0.384 e. The zero-order valence-corrected chi connectivity index (χ0v) is 12.3. The van der Waals surface area contributed by atoms with Crippen LogP contribution in [0.25, 0.3) is 0 Å². The number of nitrogens with one attached hydrogen (secondary N) is 1. The van der Waals surface area contributed by atoms with Gasteiger partial charge in [0.15, 0.2) is 0 Å². The highest BCUT2D eigenvalue weighted by molar-refractivity contribution is 9.10. The van der Waals surface area contributed by atoms with Gasteiger partial charge in [-0.15, -0.1) is 0 Å². The number of benzene rings is 1. The summed E-state index contributed by atoms with van der Waals surface area (Å²) in [5.74, 6) is 0.137. The van der Waals surface area contributed by atoms with E-state index in [0.717, 1.165) is 28.7 Å². The number of piperidine rings is 1. The van der Waals surface area contributed by atoms with Crippen LogP contribution in [-0.2, 0) is 0 Å². The zero-order chi connectivity index (χ0) is 13.1.